The maximum Gasteiger partial charge on any atom is 0.251 e. The van der Waals surface area contributed by atoms with Crippen molar-refractivity contribution in [2.24, 2.45) is 0 Å². The van der Waals surface area contributed by atoms with Gasteiger partial charge in [0.1, 0.15) is 0 Å². The molecule has 0 bridgehead atoms. The lowest BCUT2D eigenvalue weighted by Crippen LogP contribution is -2.26. The molecular formula is C20H21N3O3S. The van der Waals surface area contributed by atoms with Gasteiger partial charge in [-0.2, -0.15) is 5.10 Å². The number of benzene rings is 2. The zero-order valence-corrected chi connectivity index (χ0v) is 16.0. The number of rotatable bonds is 6. The molecule has 0 saturated carbocycles. The number of hydrogen-bond acceptors (Lipinski definition) is 4. The number of hydrogen-bond donors (Lipinski definition) is 1. The third-order valence-electron chi connectivity index (χ3n) is 4.28. The third kappa shape index (κ3) is 4.83. The monoisotopic (exact) mass is 383 g/mol. The normalized spacial score (nSPS) is 12.5. The van der Waals surface area contributed by atoms with E-state index < -0.39 is 9.84 Å². The largest absolute Gasteiger partial charge is 0.346 e. The maximum atomic E-state index is 12.5. The molecule has 7 heteroatoms. The van der Waals surface area contributed by atoms with Gasteiger partial charge >= 0.3 is 0 Å². The van der Waals surface area contributed by atoms with Crippen LogP contribution in [0.5, 0.6) is 0 Å². The number of nitrogens with zero attached hydrogens (tertiary/aromatic N) is 2. The van der Waals surface area contributed by atoms with Gasteiger partial charge in [0.2, 0.25) is 0 Å². The van der Waals surface area contributed by atoms with Crippen LogP contribution in [0.25, 0.3) is 0 Å². The summed E-state index contributed by atoms with van der Waals surface area (Å²) >= 11 is 0. The average Bonchev–Trinajstić information content (AvgIpc) is 3.14. The lowest BCUT2D eigenvalue weighted by atomic mass is 10.1. The van der Waals surface area contributed by atoms with Crippen molar-refractivity contribution >= 4 is 15.7 Å². The molecule has 0 aliphatic heterocycles. The zero-order chi connectivity index (χ0) is 19.4. The minimum absolute atomic E-state index is 0.180. The summed E-state index contributed by atoms with van der Waals surface area (Å²) in [5.74, 6) is -0.180. The van der Waals surface area contributed by atoms with Crippen molar-refractivity contribution in [3.05, 3.63) is 83.7 Å². The number of carbonyl (C=O) groups is 1. The zero-order valence-electron chi connectivity index (χ0n) is 15.2. The molecule has 0 aliphatic carbocycles. The Morgan fingerprint density at radius 1 is 1.11 bits per heavy atom. The minimum Gasteiger partial charge on any atom is -0.346 e. The number of nitrogens with one attached hydrogen (secondary N) is 1. The molecule has 1 unspecified atom stereocenters. The molecule has 3 rings (SSSR count). The molecule has 1 aromatic heterocycles. The van der Waals surface area contributed by atoms with Crippen LogP contribution in [0.1, 0.15) is 34.5 Å². The van der Waals surface area contributed by atoms with Gasteiger partial charge in [0.05, 0.1) is 17.5 Å². The topological polar surface area (TPSA) is 81.1 Å². The first-order valence-electron chi connectivity index (χ1n) is 8.50. The predicted octanol–water partition coefficient (Wildman–Crippen LogP) is 2.83. The van der Waals surface area contributed by atoms with Gasteiger partial charge in [0.15, 0.2) is 9.84 Å². The van der Waals surface area contributed by atoms with E-state index in [1.54, 1.807) is 42.6 Å². The fraction of sp³-hybridized carbons (Fsp3) is 0.200. The van der Waals surface area contributed by atoms with Gasteiger partial charge in [-0.3, -0.25) is 9.48 Å². The summed E-state index contributed by atoms with van der Waals surface area (Å²) in [6.45, 7) is 2.51. The van der Waals surface area contributed by atoms with E-state index in [9.17, 15) is 13.2 Å². The van der Waals surface area contributed by atoms with E-state index in [0.717, 1.165) is 11.1 Å². The Labute approximate surface area is 158 Å². The molecule has 27 heavy (non-hydrogen) atoms. The SMILES string of the molecule is CC(NC(=O)c1ccc(Cn2cccn2)cc1)c1ccc(S(C)(=O)=O)cc1. The number of aromatic nitrogens is 2. The molecule has 1 heterocycles. The highest BCUT2D eigenvalue weighted by Crippen LogP contribution is 2.17. The summed E-state index contributed by atoms with van der Waals surface area (Å²) in [7, 11) is -3.23. The Hall–Kier alpha value is -2.93. The second-order valence-corrected chi connectivity index (χ2v) is 8.45. The first-order chi connectivity index (χ1) is 12.8. The number of amides is 1. The Kier molecular flexibility index (Phi) is 5.41. The summed E-state index contributed by atoms with van der Waals surface area (Å²) < 4.78 is 24.9. The molecule has 1 atom stereocenters. The molecule has 0 saturated heterocycles. The number of sulfone groups is 1. The van der Waals surface area contributed by atoms with Crippen LogP contribution >= 0.6 is 0 Å². The van der Waals surface area contributed by atoms with E-state index in [0.29, 0.717) is 12.1 Å². The second-order valence-electron chi connectivity index (χ2n) is 6.44. The van der Waals surface area contributed by atoms with Crippen LogP contribution in [0.2, 0.25) is 0 Å². The lowest BCUT2D eigenvalue weighted by Gasteiger charge is -2.15. The molecule has 0 radical (unpaired) electrons. The van der Waals surface area contributed by atoms with Gasteiger partial charge in [-0.05, 0) is 48.4 Å². The average molecular weight is 383 g/mol. The first-order valence-corrected chi connectivity index (χ1v) is 10.4. The van der Waals surface area contributed by atoms with Crippen molar-refractivity contribution in [2.45, 2.75) is 24.4 Å². The first kappa shape index (κ1) is 18.8. The molecule has 2 aromatic carbocycles. The number of carbonyl (C=O) groups excluding carboxylic acids is 1. The molecule has 1 amide bonds. The molecule has 0 fully saturated rings. The van der Waals surface area contributed by atoms with Crippen LogP contribution in [0, 0.1) is 0 Å². The molecule has 0 aliphatic rings. The van der Waals surface area contributed by atoms with E-state index in [1.807, 2.05) is 36.0 Å². The van der Waals surface area contributed by atoms with Crippen molar-refractivity contribution < 1.29 is 13.2 Å². The van der Waals surface area contributed by atoms with E-state index in [4.69, 9.17) is 0 Å². The smallest absolute Gasteiger partial charge is 0.251 e. The molecule has 3 aromatic rings. The van der Waals surface area contributed by atoms with Crippen LogP contribution in [-0.4, -0.2) is 30.4 Å². The van der Waals surface area contributed by atoms with Crippen LogP contribution in [0.3, 0.4) is 0 Å². The predicted molar refractivity (Wildman–Crippen MR) is 103 cm³/mol. The molecule has 0 spiro atoms. The highest BCUT2D eigenvalue weighted by atomic mass is 32.2. The fourth-order valence-corrected chi connectivity index (χ4v) is 3.34. The Morgan fingerprint density at radius 3 is 2.33 bits per heavy atom. The van der Waals surface area contributed by atoms with Crippen molar-refractivity contribution in [2.75, 3.05) is 6.26 Å². The van der Waals surface area contributed by atoms with Crippen molar-refractivity contribution in [3.63, 3.8) is 0 Å². The third-order valence-corrected chi connectivity index (χ3v) is 5.40. The Balaban J connectivity index is 1.64. The summed E-state index contributed by atoms with van der Waals surface area (Å²) in [6.07, 6.45) is 4.78. The van der Waals surface area contributed by atoms with Crippen LogP contribution in [0.15, 0.2) is 71.9 Å². The van der Waals surface area contributed by atoms with Crippen LogP contribution in [0.4, 0.5) is 0 Å². The van der Waals surface area contributed by atoms with E-state index >= 15 is 0 Å². The van der Waals surface area contributed by atoms with Gasteiger partial charge in [0, 0.05) is 24.2 Å². The molecular weight excluding hydrogens is 362 g/mol. The van der Waals surface area contributed by atoms with E-state index in [2.05, 4.69) is 10.4 Å². The summed E-state index contributed by atoms with van der Waals surface area (Å²) in [5, 5.41) is 7.09. The molecule has 140 valence electrons. The summed E-state index contributed by atoms with van der Waals surface area (Å²) in [5.41, 5.74) is 2.46. The van der Waals surface area contributed by atoms with Crippen LogP contribution in [-0.2, 0) is 16.4 Å². The van der Waals surface area contributed by atoms with Gasteiger partial charge in [-0.1, -0.05) is 24.3 Å². The summed E-state index contributed by atoms with van der Waals surface area (Å²) in [6, 6.07) is 15.5. The van der Waals surface area contributed by atoms with Gasteiger partial charge in [-0.15, -0.1) is 0 Å². The van der Waals surface area contributed by atoms with Crippen molar-refractivity contribution in [3.8, 4) is 0 Å². The van der Waals surface area contributed by atoms with Gasteiger partial charge in [-0.25, -0.2) is 8.42 Å². The summed E-state index contributed by atoms with van der Waals surface area (Å²) in [4.78, 5) is 12.7. The Bertz CT molecular complexity index is 1010. The van der Waals surface area contributed by atoms with Gasteiger partial charge in [0.25, 0.3) is 5.91 Å². The van der Waals surface area contributed by atoms with Gasteiger partial charge < -0.3 is 5.32 Å². The second kappa shape index (κ2) is 7.75. The van der Waals surface area contributed by atoms with E-state index in [1.165, 1.54) is 6.26 Å². The minimum atomic E-state index is -3.23. The fourth-order valence-electron chi connectivity index (χ4n) is 2.71. The molecule has 1 N–H and O–H groups in total. The quantitative estimate of drug-likeness (QED) is 0.710. The Morgan fingerprint density at radius 2 is 1.78 bits per heavy atom. The molecule has 6 nitrogen and oxygen atoms in total. The van der Waals surface area contributed by atoms with E-state index in [-0.39, 0.29) is 16.8 Å². The standard InChI is InChI=1S/C20H21N3O3S/c1-15(17-8-10-19(11-9-17)27(2,25)26)22-20(24)18-6-4-16(5-7-18)14-23-13-3-12-21-23/h3-13,15H,14H2,1-2H3,(H,22,24). The lowest BCUT2D eigenvalue weighted by molar-refractivity contribution is 0.0940. The van der Waals surface area contributed by atoms with Crippen LogP contribution < -0.4 is 5.32 Å². The highest BCUT2D eigenvalue weighted by Gasteiger charge is 2.13. The van der Waals surface area contributed by atoms with Crippen molar-refractivity contribution in [1.29, 1.82) is 0 Å². The maximum absolute atomic E-state index is 12.5. The highest BCUT2D eigenvalue weighted by molar-refractivity contribution is 7.90. The van der Waals surface area contributed by atoms with Crippen molar-refractivity contribution in [1.82, 2.24) is 15.1 Å².